The molecule has 1 N–H and O–H groups in total. The van der Waals surface area contributed by atoms with Crippen molar-refractivity contribution in [3.05, 3.63) is 70.9 Å². The molecule has 2 aromatic carbocycles. The Kier molecular flexibility index (Phi) is 6.15. The molecule has 1 aliphatic heterocycles. The highest BCUT2D eigenvalue weighted by molar-refractivity contribution is 8.03. The Morgan fingerprint density at radius 1 is 1.13 bits per heavy atom. The van der Waals surface area contributed by atoms with E-state index in [1.807, 2.05) is 65.4 Å². The van der Waals surface area contributed by atoms with Crippen LogP contribution in [0, 0.1) is 0 Å². The lowest BCUT2D eigenvalue weighted by Gasteiger charge is -2.28. The molecule has 152 valence electrons. The molecule has 0 unspecified atom stereocenters. The number of carbonyl (C=O) groups excluding carboxylic acids is 2. The number of nitrogens with zero attached hydrogens (tertiary/aromatic N) is 2. The minimum absolute atomic E-state index is 0.0580. The Bertz CT molecular complexity index is 1080. The van der Waals surface area contributed by atoms with Gasteiger partial charge in [0.05, 0.1) is 24.3 Å². The van der Waals surface area contributed by atoms with E-state index in [-0.39, 0.29) is 18.4 Å². The fraction of sp³-hybridized carbons (Fsp3) is 0.136. The maximum atomic E-state index is 12.6. The smallest absolute Gasteiger partial charge is 0.246 e. The molecule has 30 heavy (non-hydrogen) atoms. The van der Waals surface area contributed by atoms with Crippen LogP contribution in [0.2, 0.25) is 0 Å². The molecule has 3 aromatic rings. The monoisotopic (exact) mass is 437 g/mol. The quantitative estimate of drug-likeness (QED) is 0.621. The maximum absolute atomic E-state index is 12.6. The van der Waals surface area contributed by atoms with Gasteiger partial charge in [0.1, 0.15) is 12.3 Å². The number of amides is 2. The van der Waals surface area contributed by atoms with Crippen LogP contribution in [-0.4, -0.2) is 41.1 Å². The van der Waals surface area contributed by atoms with Crippen molar-refractivity contribution in [1.29, 1.82) is 0 Å². The zero-order chi connectivity index (χ0) is 20.9. The average Bonchev–Trinajstić information content (AvgIpc) is 3.24. The molecular formula is C22H19N3O3S2. The molecule has 0 aliphatic carbocycles. The third-order valence-electron chi connectivity index (χ3n) is 4.50. The summed E-state index contributed by atoms with van der Waals surface area (Å²) in [6.07, 6.45) is 0. The third kappa shape index (κ3) is 4.55. The molecule has 2 heterocycles. The Balaban J connectivity index is 1.45. The number of thioether (sulfide) groups is 1. The molecule has 1 aliphatic rings. The highest BCUT2D eigenvalue weighted by Crippen LogP contribution is 2.29. The van der Waals surface area contributed by atoms with Crippen molar-refractivity contribution in [1.82, 2.24) is 9.88 Å². The van der Waals surface area contributed by atoms with Crippen molar-refractivity contribution >= 4 is 45.7 Å². The van der Waals surface area contributed by atoms with E-state index in [9.17, 15) is 9.59 Å². The predicted molar refractivity (Wildman–Crippen MR) is 121 cm³/mol. The molecule has 0 saturated carbocycles. The molecular weight excluding hydrogens is 418 g/mol. The predicted octanol–water partition coefficient (Wildman–Crippen LogP) is 4.33. The van der Waals surface area contributed by atoms with Crippen molar-refractivity contribution < 1.29 is 14.3 Å². The summed E-state index contributed by atoms with van der Waals surface area (Å²) >= 11 is 2.79. The second-order valence-electron chi connectivity index (χ2n) is 6.47. The van der Waals surface area contributed by atoms with E-state index in [1.54, 1.807) is 7.11 Å². The Labute approximate surface area is 182 Å². The number of thiazole rings is 1. The number of benzene rings is 2. The van der Waals surface area contributed by atoms with Crippen LogP contribution in [0.15, 0.2) is 65.4 Å². The van der Waals surface area contributed by atoms with Crippen LogP contribution in [0.3, 0.4) is 0 Å². The third-order valence-corrected chi connectivity index (χ3v) is 6.06. The van der Waals surface area contributed by atoms with Crippen LogP contribution in [0.25, 0.3) is 17.0 Å². The Morgan fingerprint density at radius 2 is 1.90 bits per heavy atom. The van der Waals surface area contributed by atoms with Gasteiger partial charge in [-0.15, -0.1) is 23.1 Å². The highest BCUT2D eigenvalue weighted by Gasteiger charge is 2.25. The van der Waals surface area contributed by atoms with Crippen molar-refractivity contribution in [3.8, 4) is 17.0 Å². The van der Waals surface area contributed by atoms with Crippen LogP contribution in [0.5, 0.6) is 5.75 Å². The average molecular weight is 438 g/mol. The van der Waals surface area contributed by atoms with Crippen molar-refractivity contribution in [2.24, 2.45) is 0 Å². The summed E-state index contributed by atoms with van der Waals surface area (Å²) in [5, 5.41) is 7.12. The van der Waals surface area contributed by atoms with E-state index < -0.39 is 0 Å². The van der Waals surface area contributed by atoms with Gasteiger partial charge in [0.2, 0.25) is 11.8 Å². The zero-order valence-corrected chi connectivity index (χ0v) is 17.8. The number of anilines is 1. The summed E-state index contributed by atoms with van der Waals surface area (Å²) in [4.78, 5) is 31.1. The first-order chi connectivity index (χ1) is 14.6. The topological polar surface area (TPSA) is 71.5 Å². The largest absolute Gasteiger partial charge is 0.497 e. The first-order valence-electron chi connectivity index (χ1n) is 9.21. The number of hydrogen-bond acceptors (Lipinski definition) is 6. The van der Waals surface area contributed by atoms with Gasteiger partial charge in [0.15, 0.2) is 5.13 Å². The fourth-order valence-corrected chi connectivity index (χ4v) is 4.54. The van der Waals surface area contributed by atoms with Gasteiger partial charge in [-0.3, -0.25) is 9.59 Å². The van der Waals surface area contributed by atoms with Gasteiger partial charge in [-0.05, 0) is 35.2 Å². The molecule has 0 saturated heterocycles. The first kappa shape index (κ1) is 20.2. The number of nitrogens with one attached hydrogen (secondary N) is 1. The lowest BCUT2D eigenvalue weighted by molar-refractivity contribution is -0.129. The summed E-state index contributed by atoms with van der Waals surface area (Å²) in [6, 6.07) is 17.2. The lowest BCUT2D eigenvalue weighted by Crippen LogP contribution is -2.39. The number of methoxy groups -OCH3 is 1. The number of hydrogen-bond donors (Lipinski definition) is 1. The van der Waals surface area contributed by atoms with Crippen molar-refractivity contribution in [2.75, 3.05) is 24.7 Å². The van der Waals surface area contributed by atoms with Gasteiger partial charge in [0, 0.05) is 10.9 Å². The van der Waals surface area contributed by atoms with E-state index >= 15 is 0 Å². The zero-order valence-electron chi connectivity index (χ0n) is 16.2. The SMILES string of the molecule is COc1ccc(-c2csc(NC(=O)CN3C(=O)CSC=C3c3ccccc3)n2)cc1. The molecule has 2 amide bonds. The van der Waals surface area contributed by atoms with E-state index in [2.05, 4.69) is 10.3 Å². The van der Waals surface area contributed by atoms with E-state index in [0.29, 0.717) is 10.9 Å². The molecule has 0 spiro atoms. The summed E-state index contributed by atoms with van der Waals surface area (Å²) in [5.41, 5.74) is 3.35. The molecule has 0 fully saturated rings. The molecule has 0 bridgehead atoms. The number of carbonyl (C=O) groups is 2. The number of rotatable bonds is 6. The second kappa shape index (κ2) is 9.15. The summed E-state index contributed by atoms with van der Waals surface area (Å²) in [6.45, 7) is -0.0580. The van der Waals surface area contributed by atoms with E-state index in [1.165, 1.54) is 28.0 Å². The molecule has 1 aromatic heterocycles. The van der Waals surface area contributed by atoms with Gasteiger partial charge >= 0.3 is 0 Å². The van der Waals surface area contributed by atoms with Gasteiger partial charge in [-0.25, -0.2) is 4.98 Å². The van der Waals surface area contributed by atoms with E-state index in [0.717, 1.165) is 28.3 Å². The standard InChI is InChI=1S/C22H19N3O3S2/c1-28-17-9-7-15(8-10-17)18-12-30-22(23-18)24-20(26)11-25-19(13-29-14-21(25)27)16-5-3-2-4-6-16/h2-10,12-13H,11,14H2,1H3,(H,23,24,26). The highest BCUT2D eigenvalue weighted by atomic mass is 32.2. The van der Waals surface area contributed by atoms with Gasteiger partial charge < -0.3 is 15.0 Å². The van der Waals surface area contributed by atoms with Crippen LogP contribution < -0.4 is 10.1 Å². The van der Waals surface area contributed by atoms with Gasteiger partial charge in [-0.2, -0.15) is 0 Å². The normalized spacial score (nSPS) is 13.7. The molecule has 6 nitrogen and oxygen atoms in total. The summed E-state index contributed by atoms with van der Waals surface area (Å²) < 4.78 is 5.17. The molecule has 0 atom stereocenters. The summed E-state index contributed by atoms with van der Waals surface area (Å²) in [5.74, 6) is 0.721. The van der Waals surface area contributed by atoms with Crippen LogP contribution >= 0.6 is 23.1 Å². The molecule has 0 radical (unpaired) electrons. The van der Waals surface area contributed by atoms with Crippen LogP contribution in [0.1, 0.15) is 5.56 Å². The minimum Gasteiger partial charge on any atom is -0.497 e. The number of aromatic nitrogens is 1. The van der Waals surface area contributed by atoms with Crippen molar-refractivity contribution in [3.63, 3.8) is 0 Å². The minimum atomic E-state index is -0.285. The van der Waals surface area contributed by atoms with Crippen LogP contribution in [-0.2, 0) is 9.59 Å². The second-order valence-corrected chi connectivity index (χ2v) is 8.19. The maximum Gasteiger partial charge on any atom is 0.246 e. The molecule has 8 heteroatoms. The fourth-order valence-electron chi connectivity index (χ4n) is 3.00. The van der Waals surface area contributed by atoms with Gasteiger partial charge in [-0.1, -0.05) is 30.3 Å². The van der Waals surface area contributed by atoms with E-state index in [4.69, 9.17) is 4.74 Å². The van der Waals surface area contributed by atoms with Crippen molar-refractivity contribution in [2.45, 2.75) is 0 Å². The Hall–Kier alpha value is -3.10. The number of ether oxygens (including phenoxy) is 1. The Morgan fingerprint density at radius 3 is 2.63 bits per heavy atom. The molecule has 4 rings (SSSR count). The summed E-state index contributed by atoms with van der Waals surface area (Å²) in [7, 11) is 1.62. The first-order valence-corrected chi connectivity index (χ1v) is 11.1. The lowest BCUT2D eigenvalue weighted by atomic mass is 10.1. The van der Waals surface area contributed by atoms with Gasteiger partial charge in [0.25, 0.3) is 0 Å². The van der Waals surface area contributed by atoms with Crippen LogP contribution in [0.4, 0.5) is 5.13 Å².